The van der Waals surface area contributed by atoms with Gasteiger partial charge >= 0.3 is 0 Å². The van der Waals surface area contributed by atoms with Crippen LogP contribution in [0.3, 0.4) is 0 Å². The number of hydrogen-bond acceptors (Lipinski definition) is 3. The normalized spacial score (nSPS) is 19.6. The van der Waals surface area contributed by atoms with E-state index in [-0.39, 0.29) is 11.8 Å². The minimum absolute atomic E-state index is 0.219. The van der Waals surface area contributed by atoms with Crippen molar-refractivity contribution in [3.63, 3.8) is 0 Å². The van der Waals surface area contributed by atoms with Gasteiger partial charge in [0, 0.05) is 26.2 Å². The SMILES string of the molecule is CCNC(=NCCN1C(=O)c2ccccc2C1=O)N1CCC(C)(C)C1. The van der Waals surface area contributed by atoms with Crippen LogP contribution in [0.4, 0.5) is 0 Å². The lowest BCUT2D eigenvalue weighted by atomic mass is 9.93. The van der Waals surface area contributed by atoms with Crippen LogP contribution in [0.25, 0.3) is 0 Å². The maximum atomic E-state index is 12.4. The highest BCUT2D eigenvalue weighted by atomic mass is 16.2. The average Bonchev–Trinajstić information content (AvgIpc) is 3.06. The van der Waals surface area contributed by atoms with Crippen LogP contribution < -0.4 is 5.32 Å². The third-order valence-electron chi connectivity index (χ3n) is 4.78. The van der Waals surface area contributed by atoms with Crippen LogP contribution >= 0.6 is 0 Å². The van der Waals surface area contributed by atoms with E-state index in [0.29, 0.717) is 29.6 Å². The van der Waals surface area contributed by atoms with Gasteiger partial charge in [0.1, 0.15) is 0 Å². The molecule has 0 atom stereocenters. The lowest BCUT2D eigenvalue weighted by Crippen LogP contribution is -2.41. The zero-order valence-electron chi connectivity index (χ0n) is 15.2. The van der Waals surface area contributed by atoms with Crippen LogP contribution in [0.2, 0.25) is 0 Å². The van der Waals surface area contributed by atoms with Gasteiger partial charge in [-0.3, -0.25) is 19.5 Å². The van der Waals surface area contributed by atoms with Gasteiger partial charge in [-0.2, -0.15) is 0 Å². The van der Waals surface area contributed by atoms with Crippen LogP contribution in [0, 0.1) is 5.41 Å². The van der Waals surface area contributed by atoms with Crippen LogP contribution in [0.5, 0.6) is 0 Å². The van der Waals surface area contributed by atoms with Crippen LogP contribution in [0.15, 0.2) is 29.3 Å². The average molecular weight is 342 g/mol. The summed E-state index contributed by atoms with van der Waals surface area (Å²) >= 11 is 0. The van der Waals surface area contributed by atoms with E-state index in [1.165, 1.54) is 4.90 Å². The van der Waals surface area contributed by atoms with Crippen molar-refractivity contribution in [2.45, 2.75) is 27.2 Å². The fourth-order valence-electron chi connectivity index (χ4n) is 3.42. The number of hydrogen-bond donors (Lipinski definition) is 1. The molecule has 1 fully saturated rings. The topological polar surface area (TPSA) is 65.0 Å². The molecule has 2 aliphatic heterocycles. The van der Waals surface area contributed by atoms with Crippen LogP contribution in [0.1, 0.15) is 47.9 Å². The molecule has 0 unspecified atom stereocenters. The quantitative estimate of drug-likeness (QED) is 0.516. The second kappa shape index (κ2) is 6.86. The molecule has 1 aromatic carbocycles. The molecule has 2 aliphatic rings. The van der Waals surface area contributed by atoms with E-state index in [9.17, 15) is 9.59 Å². The fraction of sp³-hybridized carbons (Fsp3) is 0.526. The summed E-state index contributed by atoms with van der Waals surface area (Å²) in [5.74, 6) is 0.427. The third kappa shape index (κ3) is 3.52. The van der Waals surface area contributed by atoms with Crippen molar-refractivity contribution < 1.29 is 9.59 Å². The first-order valence-corrected chi connectivity index (χ1v) is 8.91. The number of nitrogens with one attached hydrogen (secondary N) is 1. The first-order chi connectivity index (χ1) is 11.9. The maximum Gasteiger partial charge on any atom is 0.261 e. The van der Waals surface area contributed by atoms with Gasteiger partial charge in [-0.15, -0.1) is 0 Å². The summed E-state index contributed by atoms with van der Waals surface area (Å²) in [5.41, 5.74) is 1.27. The Morgan fingerprint density at radius 1 is 1.20 bits per heavy atom. The minimum Gasteiger partial charge on any atom is -0.357 e. The molecule has 3 rings (SSSR count). The molecule has 6 nitrogen and oxygen atoms in total. The van der Waals surface area contributed by atoms with E-state index in [2.05, 4.69) is 29.1 Å². The number of guanidine groups is 1. The molecule has 0 spiro atoms. The fourth-order valence-corrected chi connectivity index (χ4v) is 3.42. The first kappa shape index (κ1) is 17.5. The summed E-state index contributed by atoms with van der Waals surface area (Å²) in [6.07, 6.45) is 1.13. The molecule has 0 saturated carbocycles. The number of imide groups is 1. The smallest absolute Gasteiger partial charge is 0.261 e. The Morgan fingerprint density at radius 2 is 1.84 bits per heavy atom. The van der Waals surface area contributed by atoms with E-state index in [0.717, 1.165) is 32.0 Å². The van der Waals surface area contributed by atoms with E-state index in [4.69, 9.17) is 0 Å². The minimum atomic E-state index is -0.219. The largest absolute Gasteiger partial charge is 0.357 e. The summed E-state index contributed by atoms with van der Waals surface area (Å²) < 4.78 is 0. The van der Waals surface area contributed by atoms with Gasteiger partial charge in [0.25, 0.3) is 11.8 Å². The third-order valence-corrected chi connectivity index (χ3v) is 4.78. The summed E-state index contributed by atoms with van der Waals surface area (Å²) in [7, 11) is 0. The standard InChI is InChI=1S/C19H26N4O2/c1-4-20-18(22-11-9-19(2,3)13-22)21-10-12-23-16(24)14-7-5-6-8-15(14)17(23)25/h5-8H,4,9-13H2,1-3H3,(H,20,21). The first-order valence-electron chi connectivity index (χ1n) is 8.91. The van der Waals surface area contributed by atoms with Gasteiger partial charge < -0.3 is 10.2 Å². The Morgan fingerprint density at radius 3 is 2.36 bits per heavy atom. The Balaban J connectivity index is 1.65. The number of likely N-dealkylation sites (tertiary alicyclic amines) is 1. The Kier molecular flexibility index (Phi) is 4.79. The maximum absolute atomic E-state index is 12.4. The summed E-state index contributed by atoms with van der Waals surface area (Å²) in [4.78, 5) is 33.0. The molecule has 6 heteroatoms. The summed E-state index contributed by atoms with van der Waals surface area (Å²) in [6.45, 7) is 10.0. The lowest BCUT2D eigenvalue weighted by Gasteiger charge is -2.24. The van der Waals surface area contributed by atoms with Crippen molar-refractivity contribution in [2.24, 2.45) is 10.4 Å². The number of rotatable bonds is 4. The van der Waals surface area contributed by atoms with Crippen molar-refractivity contribution >= 4 is 17.8 Å². The predicted molar refractivity (Wildman–Crippen MR) is 97.8 cm³/mol. The molecule has 2 heterocycles. The van der Waals surface area contributed by atoms with Crippen molar-refractivity contribution in [1.29, 1.82) is 0 Å². The van der Waals surface area contributed by atoms with Crippen molar-refractivity contribution in [2.75, 3.05) is 32.7 Å². The number of benzene rings is 1. The van der Waals surface area contributed by atoms with E-state index in [1.807, 2.05) is 6.92 Å². The molecular weight excluding hydrogens is 316 g/mol. The van der Waals surface area contributed by atoms with Gasteiger partial charge in [0.2, 0.25) is 0 Å². The van der Waals surface area contributed by atoms with E-state index >= 15 is 0 Å². The van der Waals surface area contributed by atoms with E-state index in [1.54, 1.807) is 24.3 Å². The lowest BCUT2D eigenvalue weighted by molar-refractivity contribution is 0.0659. The number of carbonyl (C=O) groups is 2. The van der Waals surface area contributed by atoms with Crippen molar-refractivity contribution in [3.8, 4) is 0 Å². The number of carbonyl (C=O) groups excluding carboxylic acids is 2. The van der Waals surface area contributed by atoms with Crippen molar-refractivity contribution in [3.05, 3.63) is 35.4 Å². The van der Waals surface area contributed by atoms with Crippen LogP contribution in [-0.4, -0.2) is 60.3 Å². The molecular formula is C19H26N4O2. The molecule has 0 aromatic heterocycles. The molecule has 25 heavy (non-hydrogen) atoms. The van der Waals surface area contributed by atoms with Crippen molar-refractivity contribution in [1.82, 2.24) is 15.1 Å². The highest BCUT2D eigenvalue weighted by Gasteiger charge is 2.35. The number of aliphatic imine (C=N–C) groups is 1. The number of nitrogens with zero attached hydrogens (tertiary/aromatic N) is 3. The second-order valence-electron chi connectivity index (χ2n) is 7.38. The zero-order chi connectivity index (χ0) is 18.0. The molecule has 0 aliphatic carbocycles. The van der Waals surface area contributed by atoms with Gasteiger partial charge in [0.05, 0.1) is 17.7 Å². The molecule has 0 radical (unpaired) electrons. The molecule has 1 aromatic rings. The molecule has 134 valence electrons. The van der Waals surface area contributed by atoms with Gasteiger partial charge in [0.15, 0.2) is 5.96 Å². The highest BCUT2D eigenvalue weighted by Crippen LogP contribution is 2.28. The number of fused-ring (bicyclic) bond motifs is 1. The predicted octanol–water partition coefficient (Wildman–Crippen LogP) is 1.98. The van der Waals surface area contributed by atoms with Gasteiger partial charge in [-0.25, -0.2) is 0 Å². The molecule has 2 amide bonds. The van der Waals surface area contributed by atoms with Crippen LogP contribution in [-0.2, 0) is 0 Å². The summed E-state index contributed by atoms with van der Waals surface area (Å²) in [5, 5.41) is 3.31. The Labute approximate surface area is 148 Å². The Bertz CT molecular complexity index is 676. The zero-order valence-corrected chi connectivity index (χ0v) is 15.2. The Hall–Kier alpha value is -2.37. The van der Waals surface area contributed by atoms with Gasteiger partial charge in [-0.05, 0) is 30.9 Å². The second-order valence-corrected chi connectivity index (χ2v) is 7.38. The monoisotopic (exact) mass is 342 g/mol. The van der Waals surface area contributed by atoms with E-state index < -0.39 is 0 Å². The molecule has 0 bridgehead atoms. The summed E-state index contributed by atoms with van der Waals surface area (Å²) in [6, 6.07) is 6.97. The number of amides is 2. The highest BCUT2D eigenvalue weighted by molar-refractivity contribution is 6.21. The van der Waals surface area contributed by atoms with Gasteiger partial charge in [-0.1, -0.05) is 26.0 Å². The molecule has 1 saturated heterocycles. The molecule has 1 N–H and O–H groups in total.